The van der Waals surface area contributed by atoms with Crippen LogP contribution >= 0.6 is 34.8 Å². The standard InChI is InChI=1S/C19H18Cl3N3O4S/c20-12-4-6-16(21)14(10-12)18(26)23-24-19(27)15-11-13(5-7-17(15)22)30(28,29)25-8-2-1-3-9-25/h4-7,10-11H,1-3,8-9H2,(H,23,26)(H,24,27). The van der Waals surface area contributed by atoms with Gasteiger partial charge < -0.3 is 0 Å². The molecule has 2 aromatic rings. The quantitative estimate of drug-likeness (QED) is 0.636. The third-order valence-electron chi connectivity index (χ3n) is 4.60. The van der Waals surface area contributed by atoms with Crippen molar-refractivity contribution in [3.05, 3.63) is 62.6 Å². The molecule has 1 aliphatic heterocycles. The normalized spacial score (nSPS) is 14.9. The van der Waals surface area contributed by atoms with Gasteiger partial charge in [0.2, 0.25) is 10.0 Å². The van der Waals surface area contributed by atoms with Crippen molar-refractivity contribution < 1.29 is 18.0 Å². The third-order valence-corrected chi connectivity index (χ3v) is 7.39. The van der Waals surface area contributed by atoms with Crippen LogP contribution in [0.1, 0.15) is 40.0 Å². The summed E-state index contributed by atoms with van der Waals surface area (Å²) in [6, 6.07) is 8.21. The van der Waals surface area contributed by atoms with E-state index in [1.807, 2.05) is 0 Å². The fourth-order valence-electron chi connectivity index (χ4n) is 3.01. The second kappa shape index (κ2) is 9.53. The van der Waals surface area contributed by atoms with Crippen molar-refractivity contribution in [1.29, 1.82) is 0 Å². The first kappa shape index (κ1) is 22.8. The molecule has 2 amide bonds. The molecular weight excluding hydrogens is 473 g/mol. The van der Waals surface area contributed by atoms with Gasteiger partial charge in [-0.25, -0.2) is 8.42 Å². The number of piperidine rings is 1. The Bertz CT molecular complexity index is 1090. The van der Waals surface area contributed by atoms with Crippen LogP contribution in [-0.4, -0.2) is 37.6 Å². The summed E-state index contributed by atoms with van der Waals surface area (Å²) < 4.78 is 27.1. The van der Waals surface area contributed by atoms with Crippen molar-refractivity contribution in [2.45, 2.75) is 24.2 Å². The fourth-order valence-corrected chi connectivity index (χ4v) is 5.14. The van der Waals surface area contributed by atoms with E-state index in [2.05, 4.69) is 10.9 Å². The molecule has 1 saturated heterocycles. The SMILES string of the molecule is O=C(NNC(=O)c1cc(S(=O)(=O)N2CCCCC2)ccc1Cl)c1cc(Cl)ccc1Cl. The number of hydrogen-bond acceptors (Lipinski definition) is 4. The lowest BCUT2D eigenvalue weighted by Gasteiger charge is -2.26. The van der Waals surface area contributed by atoms with E-state index in [1.54, 1.807) is 0 Å². The topological polar surface area (TPSA) is 95.6 Å². The van der Waals surface area contributed by atoms with Crippen molar-refractivity contribution in [1.82, 2.24) is 15.2 Å². The molecule has 0 bridgehead atoms. The second-order valence-electron chi connectivity index (χ2n) is 6.64. The zero-order valence-electron chi connectivity index (χ0n) is 15.6. The molecule has 30 heavy (non-hydrogen) atoms. The van der Waals surface area contributed by atoms with E-state index in [0.717, 1.165) is 19.3 Å². The van der Waals surface area contributed by atoms with E-state index in [9.17, 15) is 18.0 Å². The van der Waals surface area contributed by atoms with E-state index < -0.39 is 21.8 Å². The van der Waals surface area contributed by atoms with Crippen LogP contribution < -0.4 is 10.9 Å². The first-order valence-electron chi connectivity index (χ1n) is 9.05. The zero-order chi connectivity index (χ0) is 21.9. The van der Waals surface area contributed by atoms with Gasteiger partial charge in [-0.2, -0.15) is 4.31 Å². The summed E-state index contributed by atoms with van der Waals surface area (Å²) in [6.45, 7) is 0.867. The summed E-state index contributed by atoms with van der Waals surface area (Å²) in [7, 11) is -3.74. The monoisotopic (exact) mass is 489 g/mol. The molecule has 0 saturated carbocycles. The van der Waals surface area contributed by atoms with Gasteiger partial charge in [0.05, 0.1) is 26.1 Å². The molecule has 160 valence electrons. The van der Waals surface area contributed by atoms with E-state index >= 15 is 0 Å². The number of rotatable bonds is 4. The lowest BCUT2D eigenvalue weighted by molar-refractivity contribution is 0.0846. The van der Waals surface area contributed by atoms with Gasteiger partial charge in [-0.3, -0.25) is 20.4 Å². The molecule has 2 N–H and O–H groups in total. The number of benzene rings is 2. The van der Waals surface area contributed by atoms with Crippen LogP contribution in [0.5, 0.6) is 0 Å². The third kappa shape index (κ3) is 5.07. The average molecular weight is 491 g/mol. The molecule has 2 aromatic carbocycles. The molecule has 1 aliphatic rings. The minimum atomic E-state index is -3.74. The summed E-state index contributed by atoms with van der Waals surface area (Å²) >= 11 is 17.9. The molecule has 0 radical (unpaired) electrons. The predicted molar refractivity (Wildman–Crippen MR) is 115 cm³/mol. The molecule has 0 aromatic heterocycles. The number of amides is 2. The summed E-state index contributed by atoms with van der Waals surface area (Å²) in [4.78, 5) is 24.8. The molecule has 0 atom stereocenters. The molecule has 7 nitrogen and oxygen atoms in total. The van der Waals surface area contributed by atoms with E-state index in [-0.39, 0.29) is 26.1 Å². The zero-order valence-corrected chi connectivity index (χ0v) is 18.7. The Morgan fingerprint density at radius 2 is 1.33 bits per heavy atom. The van der Waals surface area contributed by atoms with Gasteiger partial charge in [-0.05, 0) is 49.2 Å². The van der Waals surface area contributed by atoms with Gasteiger partial charge in [0.15, 0.2) is 0 Å². The van der Waals surface area contributed by atoms with E-state index in [0.29, 0.717) is 18.1 Å². The maximum absolute atomic E-state index is 12.8. The summed E-state index contributed by atoms with van der Waals surface area (Å²) in [5.41, 5.74) is 4.40. The van der Waals surface area contributed by atoms with Crippen LogP contribution in [0.15, 0.2) is 41.3 Å². The minimum Gasteiger partial charge on any atom is -0.267 e. The van der Waals surface area contributed by atoms with Crippen LogP contribution in [0.4, 0.5) is 0 Å². The van der Waals surface area contributed by atoms with Gasteiger partial charge in [-0.1, -0.05) is 41.2 Å². The maximum Gasteiger partial charge on any atom is 0.271 e. The summed E-state index contributed by atoms with van der Waals surface area (Å²) in [6.07, 6.45) is 2.56. The highest BCUT2D eigenvalue weighted by molar-refractivity contribution is 7.89. The Kier molecular flexibility index (Phi) is 7.26. The second-order valence-corrected chi connectivity index (χ2v) is 9.83. The van der Waals surface area contributed by atoms with Crippen molar-refractivity contribution in [3.8, 4) is 0 Å². The van der Waals surface area contributed by atoms with Gasteiger partial charge in [0.25, 0.3) is 11.8 Å². The fraction of sp³-hybridized carbons (Fsp3) is 0.263. The summed E-state index contributed by atoms with van der Waals surface area (Å²) in [5.74, 6) is -1.47. The lowest BCUT2D eigenvalue weighted by atomic mass is 10.2. The van der Waals surface area contributed by atoms with Crippen LogP contribution in [0.3, 0.4) is 0 Å². The van der Waals surface area contributed by atoms with Crippen molar-refractivity contribution in [3.63, 3.8) is 0 Å². The van der Waals surface area contributed by atoms with Gasteiger partial charge in [0, 0.05) is 18.1 Å². The van der Waals surface area contributed by atoms with E-state index in [4.69, 9.17) is 34.8 Å². The highest BCUT2D eigenvalue weighted by Gasteiger charge is 2.27. The number of nitrogens with zero attached hydrogens (tertiary/aromatic N) is 1. The average Bonchev–Trinajstić information content (AvgIpc) is 2.74. The molecule has 0 spiro atoms. The predicted octanol–water partition coefficient (Wildman–Crippen LogP) is 3.90. The number of carbonyl (C=O) groups excluding carboxylic acids is 2. The molecule has 11 heteroatoms. The number of halogens is 3. The van der Waals surface area contributed by atoms with Crippen molar-refractivity contribution >= 4 is 56.6 Å². The number of nitrogens with one attached hydrogen (secondary N) is 2. The number of hydrogen-bond donors (Lipinski definition) is 2. The first-order chi connectivity index (χ1) is 14.2. The highest BCUT2D eigenvalue weighted by Crippen LogP contribution is 2.25. The minimum absolute atomic E-state index is 0.0387. The summed E-state index contributed by atoms with van der Waals surface area (Å²) in [5, 5.41) is 0.494. The smallest absolute Gasteiger partial charge is 0.267 e. The molecule has 3 rings (SSSR count). The maximum atomic E-state index is 12.8. The van der Waals surface area contributed by atoms with Crippen LogP contribution in [0, 0.1) is 0 Å². The van der Waals surface area contributed by atoms with Gasteiger partial charge in [0.1, 0.15) is 0 Å². The van der Waals surface area contributed by atoms with Crippen molar-refractivity contribution in [2.75, 3.05) is 13.1 Å². The molecule has 0 aliphatic carbocycles. The Hall–Kier alpha value is -1.84. The molecule has 1 fully saturated rings. The van der Waals surface area contributed by atoms with Crippen molar-refractivity contribution in [2.24, 2.45) is 0 Å². The van der Waals surface area contributed by atoms with Gasteiger partial charge in [-0.15, -0.1) is 0 Å². The lowest BCUT2D eigenvalue weighted by Crippen LogP contribution is -2.42. The highest BCUT2D eigenvalue weighted by atomic mass is 35.5. The Morgan fingerprint density at radius 1 is 0.800 bits per heavy atom. The Balaban J connectivity index is 1.77. The molecule has 1 heterocycles. The molecule has 0 unspecified atom stereocenters. The Morgan fingerprint density at radius 3 is 1.93 bits per heavy atom. The first-order valence-corrected chi connectivity index (χ1v) is 11.6. The Labute approximate surface area is 189 Å². The van der Waals surface area contributed by atoms with Crippen LogP contribution in [0.2, 0.25) is 15.1 Å². The van der Waals surface area contributed by atoms with Gasteiger partial charge >= 0.3 is 0 Å². The van der Waals surface area contributed by atoms with E-state index in [1.165, 1.54) is 40.7 Å². The van der Waals surface area contributed by atoms with Crippen LogP contribution in [0.25, 0.3) is 0 Å². The van der Waals surface area contributed by atoms with Crippen LogP contribution in [-0.2, 0) is 10.0 Å². The number of hydrazine groups is 1. The number of sulfonamides is 1. The number of carbonyl (C=O) groups is 2. The molecular formula is C19H18Cl3N3O4S. The largest absolute Gasteiger partial charge is 0.271 e.